The van der Waals surface area contributed by atoms with Crippen LogP contribution in [-0.2, 0) is 4.79 Å². The molecule has 0 aromatic carbocycles. The summed E-state index contributed by atoms with van der Waals surface area (Å²) in [7, 11) is 1.62. The number of aromatic nitrogens is 2. The minimum atomic E-state index is 0.168. The van der Waals surface area contributed by atoms with Gasteiger partial charge >= 0.3 is 0 Å². The van der Waals surface area contributed by atoms with Crippen LogP contribution in [0.5, 0.6) is 5.88 Å². The summed E-state index contributed by atoms with van der Waals surface area (Å²) < 4.78 is 5.20. The zero-order valence-corrected chi connectivity index (χ0v) is 13.4. The zero-order valence-electron chi connectivity index (χ0n) is 13.4. The van der Waals surface area contributed by atoms with Crippen molar-refractivity contribution in [3.8, 4) is 5.88 Å². The number of likely N-dealkylation sites (tertiary alicyclic amines) is 1. The maximum atomic E-state index is 12.8. The second-order valence-corrected chi connectivity index (χ2v) is 6.50. The first-order valence-electron chi connectivity index (χ1n) is 8.36. The molecule has 122 valence electrons. The number of anilines is 1. The number of amides is 1. The van der Waals surface area contributed by atoms with Crippen molar-refractivity contribution in [1.82, 2.24) is 14.9 Å². The molecule has 0 N–H and O–H groups in total. The number of ether oxygens (including phenoxy) is 1. The quantitative estimate of drug-likeness (QED) is 0.794. The van der Waals surface area contributed by atoms with Gasteiger partial charge in [-0.2, -0.15) is 0 Å². The highest BCUT2D eigenvalue weighted by atomic mass is 16.5. The van der Waals surface area contributed by atoms with Crippen molar-refractivity contribution in [2.45, 2.75) is 37.8 Å². The molecule has 6 nitrogen and oxygen atoms in total. The lowest BCUT2D eigenvalue weighted by atomic mass is 10.0. The summed E-state index contributed by atoms with van der Waals surface area (Å²) in [6, 6.07) is 2.57. The molecule has 1 aromatic heterocycles. The van der Waals surface area contributed by atoms with E-state index in [1.807, 2.05) is 6.07 Å². The minimum Gasteiger partial charge on any atom is -0.481 e. The van der Waals surface area contributed by atoms with Crippen molar-refractivity contribution in [3.05, 3.63) is 24.5 Å². The van der Waals surface area contributed by atoms with E-state index in [0.29, 0.717) is 23.9 Å². The molecule has 3 heterocycles. The van der Waals surface area contributed by atoms with Crippen molar-refractivity contribution in [3.63, 3.8) is 0 Å². The SMILES string of the molecule is COc1cc(N2CC[C@@H]3[C@@H]2CCN3C(=O)C2CC=CC2)ncn1. The van der Waals surface area contributed by atoms with Crippen molar-refractivity contribution >= 4 is 11.7 Å². The molecule has 0 saturated carbocycles. The van der Waals surface area contributed by atoms with Gasteiger partial charge in [0.15, 0.2) is 0 Å². The van der Waals surface area contributed by atoms with Crippen LogP contribution in [0.15, 0.2) is 24.5 Å². The Bertz CT molecular complexity index is 625. The summed E-state index contributed by atoms with van der Waals surface area (Å²) in [6.07, 6.45) is 9.64. The summed E-state index contributed by atoms with van der Waals surface area (Å²) in [5.74, 6) is 1.99. The summed E-state index contributed by atoms with van der Waals surface area (Å²) in [6.45, 7) is 1.80. The van der Waals surface area contributed by atoms with Gasteiger partial charge in [-0.3, -0.25) is 4.79 Å². The molecule has 1 amide bonds. The van der Waals surface area contributed by atoms with E-state index in [9.17, 15) is 4.79 Å². The Morgan fingerprint density at radius 1 is 1.17 bits per heavy atom. The first kappa shape index (κ1) is 14.5. The third-order valence-corrected chi connectivity index (χ3v) is 5.35. The highest BCUT2D eigenvalue weighted by Gasteiger charge is 2.46. The van der Waals surface area contributed by atoms with Crippen molar-refractivity contribution in [1.29, 1.82) is 0 Å². The number of fused-ring (bicyclic) bond motifs is 1. The summed E-state index contributed by atoms with van der Waals surface area (Å²) in [5, 5.41) is 0. The van der Waals surface area contributed by atoms with Crippen LogP contribution in [0.3, 0.4) is 0 Å². The third-order valence-electron chi connectivity index (χ3n) is 5.35. The maximum absolute atomic E-state index is 12.8. The second kappa shape index (κ2) is 5.83. The molecular formula is C17H22N4O2. The lowest BCUT2D eigenvalue weighted by molar-refractivity contribution is -0.135. The molecule has 2 fully saturated rings. The molecule has 0 unspecified atom stereocenters. The van der Waals surface area contributed by atoms with Crippen LogP contribution in [0, 0.1) is 5.92 Å². The monoisotopic (exact) mass is 314 g/mol. The number of methoxy groups -OCH3 is 1. The van der Waals surface area contributed by atoms with Crippen LogP contribution in [0.25, 0.3) is 0 Å². The van der Waals surface area contributed by atoms with E-state index in [-0.39, 0.29) is 5.92 Å². The number of hydrogen-bond acceptors (Lipinski definition) is 5. The van der Waals surface area contributed by atoms with E-state index in [1.54, 1.807) is 13.4 Å². The van der Waals surface area contributed by atoms with Gasteiger partial charge in [-0.1, -0.05) is 12.2 Å². The first-order valence-corrected chi connectivity index (χ1v) is 8.36. The Labute approximate surface area is 136 Å². The van der Waals surface area contributed by atoms with Crippen LogP contribution in [0.4, 0.5) is 5.82 Å². The van der Waals surface area contributed by atoms with Crippen LogP contribution in [0.2, 0.25) is 0 Å². The lowest BCUT2D eigenvalue weighted by Crippen LogP contribution is -2.42. The second-order valence-electron chi connectivity index (χ2n) is 6.50. The molecule has 2 atom stereocenters. The standard InChI is InChI=1S/C17H22N4O2/c1-23-16-10-15(18-11-19-16)20-8-6-14-13(20)7-9-21(14)17(22)12-4-2-3-5-12/h2-3,10-14H,4-9H2,1H3/t13-,14+/m0/s1. The van der Waals surface area contributed by atoms with E-state index < -0.39 is 0 Å². The largest absolute Gasteiger partial charge is 0.481 e. The molecule has 3 aliphatic rings. The molecule has 1 aromatic rings. The number of carbonyl (C=O) groups is 1. The number of carbonyl (C=O) groups excluding carboxylic acids is 1. The average molecular weight is 314 g/mol. The molecule has 0 radical (unpaired) electrons. The maximum Gasteiger partial charge on any atom is 0.226 e. The van der Waals surface area contributed by atoms with E-state index in [4.69, 9.17) is 4.74 Å². The van der Waals surface area contributed by atoms with Gasteiger partial charge in [0.05, 0.1) is 19.2 Å². The van der Waals surface area contributed by atoms with Gasteiger partial charge in [-0.25, -0.2) is 9.97 Å². The van der Waals surface area contributed by atoms with E-state index >= 15 is 0 Å². The fourth-order valence-corrected chi connectivity index (χ4v) is 4.20. The van der Waals surface area contributed by atoms with Gasteiger partial charge in [0.1, 0.15) is 12.1 Å². The van der Waals surface area contributed by atoms with Gasteiger partial charge in [-0.15, -0.1) is 0 Å². The Morgan fingerprint density at radius 2 is 1.96 bits per heavy atom. The summed E-state index contributed by atoms with van der Waals surface area (Å²) >= 11 is 0. The fraction of sp³-hybridized carbons (Fsp3) is 0.588. The Balaban J connectivity index is 1.50. The van der Waals surface area contributed by atoms with Gasteiger partial charge < -0.3 is 14.5 Å². The Hall–Kier alpha value is -2.11. The van der Waals surface area contributed by atoms with Crippen LogP contribution in [0.1, 0.15) is 25.7 Å². The van der Waals surface area contributed by atoms with Crippen molar-refractivity contribution in [2.75, 3.05) is 25.1 Å². The molecule has 0 bridgehead atoms. The first-order chi connectivity index (χ1) is 11.3. The molecule has 0 spiro atoms. The molecular weight excluding hydrogens is 292 g/mol. The molecule has 4 rings (SSSR count). The van der Waals surface area contributed by atoms with E-state index in [0.717, 1.165) is 44.6 Å². The zero-order chi connectivity index (χ0) is 15.8. The molecule has 6 heteroatoms. The van der Waals surface area contributed by atoms with Crippen molar-refractivity contribution in [2.24, 2.45) is 5.92 Å². The average Bonchev–Trinajstić information content (AvgIpc) is 3.31. The number of rotatable bonds is 3. The Kier molecular flexibility index (Phi) is 3.67. The normalized spacial score (nSPS) is 26.8. The lowest BCUT2D eigenvalue weighted by Gasteiger charge is -2.27. The van der Waals surface area contributed by atoms with E-state index in [1.165, 1.54) is 0 Å². The number of allylic oxidation sites excluding steroid dienone is 2. The van der Waals surface area contributed by atoms with Crippen LogP contribution >= 0.6 is 0 Å². The Morgan fingerprint density at radius 3 is 2.74 bits per heavy atom. The van der Waals surface area contributed by atoms with Gasteiger partial charge in [0, 0.05) is 25.1 Å². The van der Waals surface area contributed by atoms with Gasteiger partial charge in [0.2, 0.25) is 11.8 Å². The molecule has 23 heavy (non-hydrogen) atoms. The molecule has 2 saturated heterocycles. The summed E-state index contributed by atoms with van der Waals surface area (Å²) in [5.41, 5.74) is 0. The predicted molar refractivity (Wildman–Crippen MR) is 86.3 cm³/mol. The third kappa shape index (κ3) is 2.46. The van der Waals surface area contributed by atoms with Crippen LogP contribution in [-0.4, -0.2) is 53.1 Å². The number of nitrogens with zero attached hydrogens (tertiary/aromatic N) is 4. The van der Waals surface area contributed by atoms with Gasteiger partial charge in [0.25, 0.3) is 0 Å². The minimum absolute atomic E-state index is 0.168. The fourth-order valence-electron chi connectivity index (χ4n) is 4.20. The molecule has 1 aliphatic carbocycles. The smallest absolute Gasteiger partial charge is 0.226 e. The number of hydrogen-bond donors (Lipinski definition) is 0. The van der Waals surface area contributed by atoms with Crippen LogP contribution < -0.4 is 9.64 Å². The highest BCUT2D eigenvalue weighted by Crippen LogP contribution is 2.36. The van der Waals surface area contributed by atoms with E-state index in [2.05, 4.69) is 31.9 Å². The van der Waals surface area contributed by atoms with Gasteiger partial charge in [-0.05, 0) is 25.7 Å². The highest BCUT2D eigenvalue weighted by molar-refractivity contribution is 5.80. The predicted octanol–water partition coefficient (Wildman–Crippen LogP) is 1.63. The van der Waals surface area contributed by atoms with Crippen molar-refractivity contribution < 1.29 is 9.53 Å². The topological polar surface area (TPSA) is 58.6 Å². The molecule has 2 aliphatic heterocycles. The summed E-state index contributed by atoms with van der Waals surface area (Å²) in [4.78, 5) is 25.7.